The zero-order valence-electron chi connectivity index (χ0n) is 14.3. The first-order valence-corrected chi connectivity index (χ1v) is 8.55. The van der Waals surface area contributed by atoms with Crippen molar-refractivity contribution in [1.82, 2.24) is 9.55 Å². The third-order valence-corrected chi connectivity index (χ3v) is 4.32. The largest absolute Gasteiger partial charge is 0.373 e. The van der Waals surface area contributed by atoms with Gasteiger partial charge in [-0.25, -0.2) is 9.37 Å². The van der Waals surface area contributed by atoms with E-state index in [1.54, 1.807) is 17.1 Å². The van der Waals surface area contributed by atoms with Crippen LogP contribution in [0.2, 0.25) is 0 Å². The van der Waals surface area contributed by atoms with Crippen LogP contribution in [0.4, 0.5) is 4.39 Å². The highest BCUT2D eigenvalue weighted by Crippen LogP contribution is 2.49. The van der Waals surface area contributed by atoms with E-state index in [2.05, 4.69) is 35.6 Å². The predicted molar refractivity (Wildman–Crippen MR) is 95.4 cm³/mol. The standard InChI is InChI=1S/C21H21FN2O/c1-2-3-5-10-19-15-23-17-24(19)16-21(25,20(22)13-14-20)12-11-18-8-6-4-7-9-18/h4,6-9,15,17,25H,2-3,13-14,16H2,1H3. The minimum atomic E-state index is -1.76. The lowest BCUT2D eigenvalue weighted by molar-refractivity contribution is -0.0141. The SMILES string of the molecule is CCCC#Cc1cncn1CC(O)(C#Cc1ccccc1)C1(F)CC1. The van der Waals surface area contributed by atoms with Crippen LogP contribution in [-0.4, -0.2) is 25.9 Å². The Balaban J connectivity index is 1.88. The summed E-state index contributed by atoms with van der Waals surface area (Å²) in [4.78, 5) is 4.08. The first-order valence-electron chi connectivity index (χ1n) is 8.55. The molecule has 25 heavy (non-hydrogen) atoms. The molecule has 1 atom stereocenters. The molecule has 0 radical (unpaired) electrons. The molecule has 1 fully saturated rings. The highest BCUT2D eigenvalue weighted by atomic mass is 19.1. The summed E-state index contributed by atoms with van der Waals surface area (Å²) in [5.41, 5.74) is -2.02. The number of halogens is 1. The van der Waals surface area contributed by atoms with E-state index in [-0.39, 0.29) is 6.54 Å². The number of rotatable bonds is 4. The number of alkyl halides is 1. The van der Waals surface area contributed by atoms with E-state index in [1.807, 2.05) is 30.3 Å². The van der Waals surface area contributed by atoms with Gasteiger partial charge in [-0.15, -0.1) is 0 Å². The van der Waals surface area contributed by atoms with Gasteiger partial charge in [-0.3, -0.25) is 0 Å². The van der Waals surface area contributed by atoms with E-state index in [4.69, 9.17) is 0 Å². The molecule has 1 N–H and O–H groups in total. The lowest BCUT2D eigenvalue weighted by atomic mass is 9.95. The summed E-state index contributed by atoms with van der Waals surface area (Å²) >= 11 is 0. The zero-order chi connectivity index (χ0) is 17.8. The number of hydrogen-bond acceptors (Lipinski definition) is 2. The van der Waals surface area contributed by atoms with Gasteiger partial charge in [0.1, 0.15) is 5.69 Å². The fraction of sp³-hybridized carbons (Fsp3) is 0.381. The Hall–Kier alpha value is -2.56. The smallest absolute Gasteiger partial charge is 0.177 e. The number of benzene rings is 1. The van der Waals surface area contributed by atoms with E-state index in [0.29, 0.717) is 18.5 Å². The van der Waals surface area contributed by atoms with Gasteiger partial charge in [0, 0.05) is 12.0 Å². The summed E-state index contributed by atoms with van der Waals surface area (Å²) in [6.07, 6.45) is 5.59. The molecule has 3 nitrogen and oxygen atoms in total. The number of aromatic nitrogens is 2. The van der Waals surface area contributed by atoms with Crippen LogP contribution in [0.1, 0.15) is 43.9 Å². The molecule has 3 rings (SSSR count). The Labute approximate surface area is 147 Å². The van der Waals surface area contributed by atoms with Crippen LogP contribution >= 0.6 is 0 Å². The van der Waals surface area contributed by atoms with Crippen molar-refractivity contribution in [3.63, 3.8) is 0 Å². The van der Waals surface area contributed by atoms with Crippen LogP contribution in [0.3, 0.4) is 0 Å². The van der Waals surface area contributed by atoms with E-state index < -0.39 is 11.3 Å². The average molecular weight is 336 g/mol. The second-order valence-corrected chi connectivity index (χ2v) is 6.40. The molecule has 1 unspecified atom stereocenters. The molecule has 2 aromatic rings. The van der Waals surface area contributed by atoms with Crippen LogP contribution < -0.4 is 0 Å². The van der Waals surface area contributed by atoms with Gasteiger partial charge < -0.3 is 9.67 Å². The van der Waals surface area contributed by atoms with Gasteiger partial charge in [0.2, 0.25) is 0 Å². The fourth-order valence-electron chi connectivity index (χ4n) is 2.59. The molecule has 0 spiro atoms. The molecule has 1 aromatic carbocycles. The Bertz CT molecular complexity index is 847. The number of imidazole rings is 1. The molecule has 1 aliphatic carbocycles. The Morgan fingerprint density at radius 3 is 2.72 bits per heavy atom. The predicted octanol–water partition coefficient (Wildman–Crippen LogP) is 3.32. The Kier molecular flexibility index (Phi) is 4.93. The molecule has 1 heterocycles. The molecular formula is C21H21FN2O. The van der Waals surface area contributed by atoms with Crippen molar-refractivity contribution in [2.45, 2.75) is 50.4 Å². The van der Waals surface area contributed by atoms with Crippen molar-refractivity contribution in [1.29, 1.82) is 0 Å². The maximum absolute atomic E-state index is 14.9. The van der Waals surface area contributed by atoms with Crippen LogP contribution in [-0.2, 0) is 6.54 Å². The second kappa shape index (κ2) is 7.13. The second-order valence-electron chi connectivity index (χ2n) is 6.40. The minimum absolute atomic E-state index is 0.0134. The van der Waals surface area contributed by atoms with Gasteiger partial charge in [0.15, 0.2) is 11.3 Å². The summed E-state index contributed by atoms with van der Waals surface area (Å²) in [6.45, 7) is 2.07. The van der Waals surface area contributed by atoms with Crippen molar-refractivity contribution in [2.24, 2.45) is 0 Å². The number of aliphatic hydroxyl groups is 1. The molecule has 128 valence electrons. The summed E-state index contributed by atoms with van der Waals surface area (Å²) < 4.78 is 16.5. The minimum Gasteiger partial charge on any atom is -0.373 e. The van der Waals surface area contributed by atoms with Crippen LogP contribution in [0.25, 0.3) is 0 Å². The van der Waals surface area contributed by atoms with Crippen LogP contribution in [0, 0.1) is 23.7 Å². The van der Waals surface area contributed by atoms with Gasteiger partial charge in [0.25, 0.3) is 0 Å². The molecule has 4 heteroatoms. The van der Waals surface area contributed by atoms with Crippen molar-refractivity contribution >= 4 is 0 Å². The van der Waals surface area contributed by atoms with E-state index >= 15 is 0 Å². The monoisotopic (exact) mass is 336 g/mol. The van der Waals surface area contributed by atoms with Gasteiger partial charge in [-0.2, -0.15) is 0 Å². The lowest BCUT2D eigenvalue weighted by Crippen LogP contribution is -2.44. The van der Waals surface area contributed by atoms with Gasteiger partial charge in [-0.1, -0.05) is 42.9 Å². The maximum atomic E-state index is 14.9. The van der Waals surface area contributed by atoms with E-state index in [1.165, 1.54) is 0 Å². The number of unbranched alkanes of at least 4 members (excludes halogenated alkanes) is 1. The van der Waals surface area contributed by atoms with Crippen molar-refractivity contribution in [3.05, 3.63) is 54.1 Å². The van der Waals surface area contributed by atoms with Gasteiger partial charge in [-0.05, 0) is 37.3 Å². The van der Waals surface area contributed by atoms with Crippen LogP contribution in [0.15, 0.2) is 42.9 Å². The normalized spacial score (nSPS) is 16.8. The molecule has 0 saturated heterocycles. The van der Waals surface area contributed by atoms with Gasteiger partial charge >= 0.3 is 0 Å². The zero-order valence-corrected chi connectivity index (χ0v) is 14.3. The highest BCUT2D eigenvalue weighted by Gasteiger charge is 2.60. The molecule has 1 aromatic heterocycles. The number of hydrogen-bond donors (Lipinski definition) is 1. The molecule has 0 bridgehead atoms. The lowest BCUT2D eigenvalue weighted by Gasteiger charge is -2.27. The fourth-order valence-corrected chi connectivity index (χ4v) is 2.59. The highest BCUT2D eigenvalue weighted by molar-refractivity contribution is 5.39. The molecular weight excluding hydrogens is 315 g/mol. The average Bonchev–Trinajstić information content (AvgIpc) is 3.24. The Morgan fingerprint density at radius 1 is 1.28 bits per heavy atom. The van der Waals surface area contributed by atoms with Gasteiger partial charge in [0.05, 0.1) is 19.1 Å². The van der Waals surface area contributed by atoms with E-state index in [9.17, 15) is 9.50 Å². The third-order valence-electron chi connectivity index (χ3n) is 4.32. The molecule has 0 aliphatic heterocycles. The quantitative estimate of drug-likeness (QED) is 0.870. The molecule has 1 aliphatic rings. The first kappa shape index (κ1) is 17.3. The van der Waals surface area contributed by atoms with Crippen molar-refractivity contribution in [2.75, 3.05) is 0 Å². The number of nitrogens with zero attached hydrogens (tertiary/aromatic N) is 2. The van der Waals surface area contributed by atoms with Crippen LogP contribution in [0.5, 0.6) is 0 Å². The third kappa shape index (κ3) is 3.92. The Morgan fingerprint density at radius 2 is 2.04 bits per heavy atom. The summed E-state index contributed by atoms with van der Waals surface area (Å²) in [5.74, 6) is 11.8. The molecule has 0 amide bonds. The topological polar surface area (TPSA) is 38.0 Å². The maximum Gasteiger partial charge on any atom is 0.177 e. The van der Waals surface area contributed by atoms with E-state index in [0.717, 1.165) is 18.4 Å². The summed E-state index contributed by atoms with van der Waals surface area (Å²) in [6, 6.07) is 9.29. The summed E-state index contributed by atoms with van der Waals surface area (Å²) in [5, 5.41) is 11.0. The first-order chi connectivity index (χ1) is 12.1. The summed E-state index contributed by atoms with van der Waals surface area (Å²) in [7, 11) is 0. The van der Waals surface area contributed by atoms with Crippen molar-refractivity contribution < 1.29 is 9.50 Å². The molecule has 1 saturated carbocycles. The van der Waals surface area contributed by atoms with Crippen molar-refractivity contribution in [3.8, 4) is 23.7 Å².